The van der Waals surface area contributed by atoms with Crippen LogP contribution in [0.1, 0.15) is 11.5 Å². The van der Waals surface area contributed by atoms with Crippen LogP contribution in [0.3, 0.4) is 0 Å². The van der Waals surface area contributed by atoms with E-state index in [-0.39, 0.29) is 0 Å². The Kier molecular flexibility index (Phi) is 4.84. The molecular formula is C16H19NO5. The van der Waals surface area contributed by atoms with Crippen molar-refractivity contribution >= 4 is 0 Å². The van der Waals surface area contributed by atoms with Crippen molar-refractivity contribution in [3.63, 3.8) is 0 Å². The molecule has 1 aliphatic rings. The molecule has 0 spiro atoms. The Morgan fingerprint density at radius 3 is 2.05 bits per heavy atom. The summed E-state index contributed by atoms with van der Waals surface area (Å²) in [4.78, 5) is 0. The molecule has 0 radical (unpaired) electrons. The van der Waals surface area contributed by atoms with E-state index in [2.05, 4.69) is 6.07 Å². The van der Waals surface area contributed by atoms with Crippen LogP contribution in [0.15, 0.2) is 42.2 Å². The SMILES string of the molecule is COC1(OC)OC=C(C#N)C(c2ccccc2)C1(OC)OC. The second kappa shape index (κ2) is 6.46. The van der Waals surface area contributed by atoms with Gasteiger partial charge >= 0.3 is 5.97 Å². The molecule has 1 aliphatic heterocycles. The maximum Gasteiger partial charge on any atom is 0.384 e. The zero-order valence-electron chi connectivity index (χ0n) is 13.0. The standard InChI is InChI=1S/C16H19NO5/c1-18-15(19-2)14(12-8-6-5-7-9-12)13(10-17)11-22-16(15,20-3)21-4/h5-9,11,14H,1-4H3. The van der Waals surface area contributed by atoms with Crippen molar-refractivity contribution in [2.45, 2.75) is 17.7 Å². The monoisotopic (exact) mass is 305 g/mol. The van der Waals surface area contributed by atoms with E-state index in [0.717, 1.165) is 5.56 Å². The first kappa shape index (κ1) is 16.5. The topological polar surface area (TPSA) is 69.9 Å². The van der Waals surface area contributed by atoms with Gasteiger partial charge in [0.2, 0.25) is 0 Å². The Labute approximate surface area is 129 Å². The average molecular weight is 305 g/mol. The molecule has 1 heterocycles. The predicted octanol–water partition coefficient (Wildman–Crippen LogP) is 2.14. The molecule has 1 unspecified atom stereocenters. The Morgan fingerprint density at radius 1 is 1.00 bits per heavy atom. The maximum absolute atomic E-state index is 9.47. The van der Waals surface area contributed by atoms with Crippen molar-refractivity contribution in [1.29, 1.82) is 5.26 Å². The molecule has 0 saturated carbocycles. The van der Waals surface area contributed by atoms with Crippen LogP contribution in [0.4, 0.5) is 0 Å². The third-order valence-corrected chi connectivity index (χ3v) is 3.86. The van der Waals surface area contributed by atoms with Crippen LogP contribution in [-0.4, -0.2) is 40.2 Å². The van der Waals surface area contributed by atoms with Crippen LogP contribution in [0, 0.1) is 11.3 Å². The molecule has 6 heteroatoms. The molecule has 1 atom stereocenters. The minimum Gasteiger partial charge on any atom is -0.442 e. The number of ether oxygens (including phenoxy) is 5. The number of hydrogen-bond donors (Lipinski definition) is 0. The molecule has 0 aromatic heterocycles. The van der Waals surface area contributed by atoms with E-state index >= 15 is 0 Å². The normalized spacial score (nSPS) is 22.3. The van der Waals surface area contributed by atoms with Gasteiger partial charge in [0, 0.05) is 28.4 Å². The van der Waals surface area contributed by atoms with Crippen LogP contribution >= 0.6 is 0 Å². The highest BCUT2D eigenvalue weighted by Crippen LogP contribution is 2.49. The highest BCUT2D eigenvalue weighted by atomic mass is 16.9. The number of methoxy groups -OCH3 is 4. The fraction of sp³-hybridized carbons (Fsp3) is 0.438. The lowest BCUT2D eigenvalue weighted by Gasteiger charge is -2.49. The van der Waals surface area contributed by atoms with Gasteiger partial charge in [0.15, 0.2) is 0 Å². The zero-order chi connectivity index (χ0) is 16.2. The molecule has 0 N–H and O–H groups in total. The summed E-state index contributed by atoms with van der Waals surface area (Å²) >= 11 is 0. The smallest absolute Gasteiger partial charge is 0.384 e. The van der Waals surface area contributed by atoms with E-state index in [9.17, 15) is 5.26 Å². The summed E-state index contributed by atoms with van der Waals surface area (Å²) in [7, 11) is 5.75. The van der Waals surface area contributed by atoms with Crippen molar-refractivity contribution in [1.82, 2.24) is 0 Å². The van der Waals surface area contributed by atoms with E-state index in [1.54, 1.807) is 0 Å². The van der Waals surface area contributed by atoms with Crippen LogP contribution < -0.4 is 0 Å². The summed E-state index contributed by atoms with van der Waals surface area (Å²) in [5.74, 6) is -3.71. The van der Waals surface area contributed by atoms with Gasteiger partial charge in [-0.2, -0.15) is 5.26 Å². The van der Waals surface area contributed by atoms with Crippen molar-refractivity contribution in [2.75, 3.05) is 28.4 Å². The zero-order valence-corrected chi connectivity index (χ0v) is 13.0. The van der Waals surface area contributed by atoms with Gasteiger partial charge in [-0.05, 0) is 5.56 Å². The van der Waals surface area contributed by atoms with Crippen LogP contribution in [0.25, 0.3) is 0 Å². The Bertz CT molecular complexity index is 570. The van der Waals surface area contributed by atoms with Gasteiger partial charge in [-0.1, -0.05) is 30.3 Å². The molecule has 2 rings (SSSR count). The lowest BCUT2D eigenvalue weighted by atomic mass is 9.81. The van der Waals surface area contributed by atoms with Gasteiger partial charge in [-0.25, -0.2) is 0 Å². The first-order valence-corrected chi connectivity index (χ1v) is 6.68. The van der Waals surface area contributed by atoms with Crippen molar-refractivity contribution in [3.8, 4) is 6.07 Å². The average Bonchev–Trinajstić information content (AvgIpc) is 2.60. The molecule has 0 saturated heterocycles. The summed E-state index contributed by atoms with van der Waals surface area (Å²) in [5.41, 5.74) is 1.17. The van der Waals surface area contributed by atoms with E-state index in [0.29, 0.717) is 5.57 Å². The van der Waals surface area contributed by atoms with E-state index in [1.807, 2.05) is 30.3 Å². The van der Waals surface area contributed by atoms with E-state index < -0.39 is 17.7 Å². The molecule has 1 aromatic rings. The molecule has 1 aromatic carbocycles. The van der Waals surface area contributed by atoms with Gasteiger partial charge in [0.1, 0.15) is 6.26 Å². The predicted molar refractivity (Wildman–Crippen MR) is 77.5 cm³/mol. The lowest BCUT2D eigenvalue weighted by molar-refractivity contribution is -0.477. The largest absolute Gasteiger partial charge is 0.442 e. The quantitative estimate of drug-likeness (QED) is 0.776. The number of rotatable bonds is 5. The Morgan fingerprint density at radius 2 is 1.59 bits per heavy atom. The Hall–Kier alpha value is -1.91. The van der Waals surface area contributed by atoms with Crippen LogP contribution in [-0.2, 0) is 23.7 Å². The second-order valence-electron chi connectivity index (χ2n) is 4.69. The van der Waals surface area contributed by atoms with E-state index in [4.69, 9.17) is 23.7 Å². The van der Waals surface area contributed by atoms with Gasteiger partial charge in [0.25, 0.3) is 5.79 Å². The summed E-state index contributed by atoms with van der Waals surface area (Å²) in [6.45, 7) is 0. The number of nitriles is 1. The van der Waals surface area contributed by atoms with Crippen LogP contribution in [0.5, 0.6) is 0 Å². The summed E-state index contributed by atoms with van der Waals surface area (Å²) in [5, 5.41) is 9.47. The van der Waals surface area contributed by atoms with Gasteiger partial charge in [0.05, 0.1) is 17.6 Å². The second-order valence-corrected chi connectivity index (χ2v) is 4.69. The number of hydrogen-bond acceptors (Lipinski definition) is 6. The lowest BCUT2D eigenvalue weighted by Crippen LogP contribution is -2.65. The number of nitrogens with zero attached hydrogens (tertiary/aromatic N) is 1. The molecule has 0 aliphatic carbocycles. The minimum atomic E-state index is -1.64. The van der Waals surface area contributed by atoms with Crippen molar-refractivity contribution in [3.05, 3.63) is 47.7 Å². The van der Waals surface area contributed by atoms with Crippen LogP contribution in [0.2, 0.25) is 0 Å². The highest BCUT2D eigenvalue weighted by Gasteiger charge is 2.65. The first-order chi connectivity index (χ1) is 10.6. The summed E-state index contributed by atoms with van der Waals surface area (Å²) in [6, 6.07) is 11.5. The minimum absolute atomic E-state index is 0.347. The molecule has 0 bridgehead atoms. The third kappa shape index (κ3) is 2.19. The fourth-order valence-corrected chi connectivity index (χ4v) is 2.84. The fourth-order valence-electron chi connectivity index (χ4n) is 2.84. The van der Waals surface area contributed by atoms with Gasteiger partial charge in [-0.3, -0.25) is 0 Å². The number of benzene rings is 1. The molecular weight excluding hydrogens is 286 g/mol. The summed E-state index contributed by atoms with van der Waals surface area (Å²) in [6.07, 6.45) is 1.32. The van der Waals surface area contributed by atoms with Crippen molar-refractivity contribution in [2.24, 2.45) is 0 Å². The third-order valence-electron chi connectivity index (χ3n) is 3.86. The Balaban J connectivity index is 2.71. The highest BCUT2D eigenvalue weighted by molar-refractivity contribution is 5.40. The molecule has 0 amide bonds. The van der Waals surface area contributed by atoms with Crippen molar-refractivity contribution < 1.29 is 23.7 Å². The summed E-state index contributed by atoms with van der Waals surface area (Å²) < 4.78 is 27.7. The molecule has 22 heavy (non-hydrogen) atoms. The molecule has 0 fully saturated rings. The maximum atomic E-state index is 9.47. The molecule has 118 valence electrons. The van der Waals surface area contributed by atoms with E-state index in [1.165, 1.54) is 34.7 Å². The molecule has 6 nitrogen and oxygen atoms in total. The first-order valence-electron chi connectivity index (χ1n) is 6.68. The van der Waals surface area contributed by atoms with Gasteiger partial charge < -0.3 is 23.7 Å². The van der Waals surface area contributed by atoms with Gasteiger partial charge in [-0.15, -0.1) is 0 Å².